The highest BCUT2D eigenvalue weighted by Gasteiger charge is 2.34. The summed E-state index contributed by atoms with van der Waals surface area (Å²) < 4.78 is 40.0. The number of carbonyl (C=O) groups excluding carboxylic acids is 1. The molecule has 0 saturated heterocycles. The summed E-state index contributed by atoms with van der Waals surface area (Å²) in [5.41, 5.74) is 0.167. The first-order valence-corrected chi connectivity index (χ1v) is 11.3. The van der Waals surface area contributed by atoms with Crippen LogP contribution in [0.5, 0.6) is 0 Å². The van der Waals surface area contributed by atoms with Crippen molar-refractivity contribution < 1.29 is 18.0 Å². The van der Waals surface area contributed by atoms with Crippen molar-refractivity contribution in [3.8, 4) is 0 Å². The van der Waals surface area contributed by atoms with Crippen LogP contribution in [-0.2, 0) is 0 Å². The molecular weight excluding hydrogens is 431 g/mol. The zero-order valence-corrected chi connectivity index (χ0v) is 18.7. The molecule has 1 aliphatic rings. The maximum atomic E-state index is 13.4. The van der Waals surface area contributed by atoms with Gasteiger partial charge < -0.3 is 5.32 Å². The molecule has 1 amide bonds. The number of anilines is 1. The molecule has 0 aliphatic heterocycles. The van der Waals surface area contributed by atoms with Crippen LogP contribution in [-0.4, -0.2) is 11.2 Å². The number of hydrogen-bond acceptors (Lipinski definition) is 2. The van der Waals surface area contributed by atoms with E-state index in [2.05, 4.69) is 26.1 Å². The van der Waals surface area contributed by atoms with Crippen LogP contribution in [0.15, 0.2) is 35.2 Å². The van der Waals surface area contributed by atoms with E-state index in [1.54, 1.807) is 30.0 Å². The van der Waals surface area contributed by atoms with Gasteiger partial charge in [-0.05, 0) is 55.2 Å². The van der Waals surface area contributed by atoms with Gasteiger partial charge in [0.1, 0.15) is 0 Å². The van der Waals surface area contributed by atoms with E-state index in [4.69, 9.17) is 11.6 Å². The predicted molar refractivity (Wildman–Crippen MR) is 117 cm³/mol. The zero-order chi connectivity index (χ0) is 22.0. The molecule has 162 valence electrons. The lowest BCUT2D eigenvalue weighted by molar-refractivity contribution is 0.102. The molecule has 1 aliphatic carbocycles. The molecule has 1 fully saturated rings. The molecule has 0 aromatic heterocycles. The first-order valence-electron chi connectivity index (χ1n) is 10.1. The average Bonchev–Trinajstić information content (AvgIpc) is 3.00. The molecule has 0 spiro atoms. The molecule has 3 rings (SSSR count). The van der Waals surface area contributed by atoms with Crippen molar-refractivity contribution in [2.45, 2.75) is 50.2 Å². The highest BCUT2D eigenvalue weighted by atomic mass is 35.5. The second-order valence-corrected chi connectivity index (χ2v) is 10.0. The fraction of sp³-hybridized carbons (Fsp3) is 0.435. The molecule has 2 unspecified atom stereocenters. The third kappa shape index (κ3) is 5.33. The lowest BCUT2D eigenvalue weighted by atomic mass is 9.94. The summed E-state index contributed by atoms with van der Waals surface area (Å²) in [6.07, 6.45) is 3.52. The number of nitrogens with one attached hydrogen (secondary N) is 1. The fourth-order valence-electron chi connectivity index (χ4n) is 4.05. The van der Waals surface area contributed by atoms with Gasteiger partial charge in [-0.3, -0.25) is 4.79 Å². The van der Waals surface area contributed by atoms with E-state index in [-0.39, 0.29) is 5.69 Å². The average molecular weight is 456 g/mol. The maximum Gasteiger partial charge on any atom is 0.255 e. The van der Waals surface area contributed by atoms with Gasteiger partial charge in [0.15, 0.2) is 17.5 Å². The summed E-state index contributed by atoms with van der Waals surface area (Å²) >= 11 is 8.11. The molecule has 2 aromatic carbocycles. The van der Waals surface area contributed by atoms with Crippen LogP contribution >= 0.6 is 23.4 Å². The third-order valence-electron chi connectivity index (χ3n) is 5.49. The van der Waals surface area contributed by atoms with Crippen molar-refractivity contribution in [1.82, 2.24) is 0 Å². The van der Waals surface area contributed by atoms with Crippen molar-refractivity contribution in [3.05, 3.63) is 58.4 Å². The number of rotatable bonds is 6. The molecule has 7 heteroatoms. The topological polar surface area (TPSA) is 29.1 Å². The lowest BCUT2D eigenvalue weighted by Crippen LogP contribution is -2.18. The van der Waals surface area contributed by atoms with E-state index < -0.39 is 23.4 Å². The summed E-state index contributed by atoms with van der Waals surface area (Å²) in [5.74, 6) is -3.06. The van der Waals surface area contributed by atoms with Gasteiger partial charge in [0.25, 0.3) is 5.91 Å². The smallest absolute Gasteiger partial charge is 0.255 e. The largest absolute Gasteiger partial charge is 0.322 e. The summed E-state index contributed by atoms with van der Waals surface area (Å²) in [6.45, 7) is 6.70. The minimum Gasteiger partial charge on any atom is -0.322 e. The molecule has 0 bridgehead atoms. The Balaban J connectivity index is 1.78. The lowest BCUT2D eigenvalue weighted by Gasteiger charge is -2.24. The summed E-state index contributed by atoms with van der Waals surface area (Å²) in [6, 6.07) is 6.41. The summed E-state index contributed by atoms with van der Waals surface area (Å²) in [7, 11) is 0. The Hall–Kier alpha value is -1.66. The SMILES string of the molecule is CC(C)CC1CC[C@@H](C)C1Sc1cc(C(=O)Nc2cc(F)c(F)c(F)c2)ccc1Cl. The van der Waals surface area contributed by atoms with Gasteiger partial charge in [-0.1, -0.05) is 32.4 Å². The van der Waals surface area contributed by atoms with Gasteiger partial charge in [-0.15, -0.1) is 11.8 Å². The van der Waals surface area contributed by atoms with Crippen molar-refractivity contribution in [2.24, 2.45) is 17.8 Å². The van der Waals surface area contributed by atoms with E-state index in [0.717, 1.165) is 23.4 Å². The number of benzene rings is 2. The van der Waals surface area contributed by atoms with Crippen molar-refractivity contribution in [1.29, 1.82) is 0 Å². The normalized spacial score (nSPS) is 21.3. The number of hydrogen-bond donors (Lipinski definition) is 1. The van der Waals surface area contributed by atoms with Gasteiger partial charge in [0, 0.05) is 33.5 Å². The quantitative estimate of drug-likeness (QED) is 0.455. The summed E-state index contributed by atoms with van der Waals surface area (Å²) in [5, 5.41) is 3.40. The van der Waals surface area contributed by atoms with Crippen LogP contribution in [0.25, 0.3) is 0 Å². The Labute approximate surface area is 184 Å². The molecule has 2 nitrogen and oxygen atoms in total. The van der Waals surface area contributed by atoms with Crippen LogP contribution in [0, 0.1) is 35.2 Å². The standard InChI is InChI=1S/C23H25ClF3NOS/c1-12(2)8-14-5-4-13(3)22(14)30-20-9-15(6-7-17(20)24)23(29)28-16-10-18(25)21(27)19(26)11-16/h6-7,9-14,22H,4-5,8H2,1-3H3,(H,28,29)/t13-,14?,22?/m1/s1. The first kappa shape index (κ1) is 23.0. The molecule has 30 heavy (non-hydrogen) atoms. The number of thioether (sulfide) groups is 1. The Bertz CT molecular complexity index is 914. The minimum absolute atomic E-state index is 0.151. The van der Waals surface area contributed by atoms with Crippen LogP contribution in [0.4, 0.5) is 18.9 Å². The fourth-order valence-corrected chi connectivity index (χ4v) is 5.78. The monoisotopic (exact) mass is 455 g/mol. The molecule has 3 atom stereocenters. The van der Waals surface area contributed by atoms with E-state index in [0.29, 0.717) is 33.6 Å². The third-order valence-corrected chi connectivity index (χ3v) is 7.65. The molecule has 0 heterocycles. The van der Waals surface area contributed by atoms with Crippen molar-refractivity contribution >= 4 is 35.0 Å². The molecule has 1 N–H and O–H groups in total. The van der Waals surface area contributed by atoms with Crippen LogP contribution in [0.3, 0.4) is 0 Å². The Morgan fingerprint density at radius 1 is 1.17 bits per heavy atom. The molecule has 2 aromatic rings. The maximum absolute atomic E-state index is 13.4. The van der Waals surface area contributed by atoms with E-state index in [1.807, 2.05) is 0 Å². The van der Waals surface area contributed by atoms with Gasteiger partial charge in [-0.25, -0.2) is 13.2 Å². The van der Waals surface area contributed by atoms with Crippen LogP contribution < -0.4 is 5.32 Å². The second-order valence-electron chi connectivity index (χ2n) is 8.38. The van der Waals surface area contributed by atoms with Gasteiger partial charge >= 0.3 is 0 Å². The van der Waals surface area contributed by atoms with Crippen LogP contribution in [0.1, 0.15) is 50.4 Å². The Morgan fingerprint density at radius 3 is 2.47 bits per heavy atom. The van der Waals surface area contributed by atoms with Gasteiger partial charge in [-0.2, -0.15) is 0 Å². The van der Waals surface area contributed by atoms with Gasteiger partial charge in [0.2, 0.25) is 0 Å². The summed E-state index contributed by atoms with van der Waals surface area (Å²) in [4.78, 5) is 13.4. The number of amides is 1. The zero-order valence-electron chi connectivity index (χ0n) is 17.1. The van der Waals surface area contributed by atoms with E-state index in [9.17, 15) is 18.0 Å². The minimum atomic E-state index is -1.57. The molecular formula is C23H25ClF3NOS. The Kier molecular flexibility index (Phi) is 7.40. The van der Waals surface area contributed by atoms with E-state index >= 15 is 0 Å². The number of halogens is 4. The second kappa shape index (κ2) is 9.65. The van der Waals surface area contributed by atoms with Gasteiger partial charge in [0.05, 0.1) is 5.02 Å². The van der Waals surface area contributed by atoms with Crippen molar-refractivity contribution in [3.63, 3.8) is 0 Å². The van der Waals surface area contributed by atoms with Crippen LogP contribution in [0.2, 0.25) is 5.02 Å². The van der Waals surface area contributed by atoms with Crippen molar-refractivity contribution in [2.75, 3.05) is 5.32 Å². The predicted octanol–water partition coefficient (Wildman–Crippen LogP) is 7.56. The first-order chi connectivity index (χ1) is 14.2. The van der Waals surface area contributed by atoms with E-state index in [1.165, 1.54) is 12.8 Å². The molecule has 1 saturated carbocycles. The number of carbonyl (C=O) groups is 1. The Morgan fingerprint density at radius 2 is 1.83 bits per heavy atom. The highest BCUT2D eigenvalue weighted by Crippen LogP contribution is 2.46. The molecule has 0 radical (unpaired) electrons. The highest BCUT2D eigenvalue weighted by molar-refractivity contribution is 8.00.